The van der Waals surface area contributed by atoms with Crippen LogP contribution in [-0.4, -0.2) is 27.3 Å². The Morgan fingerprint density at radius 1 is 1.16 bits per heavy atom. The quantitative estimate of drug-likeness (QED) is 0.518. The van der Waals surface area contributed by atoms with E-state index in [-0.39, 0.29) is 12.4 Å². The minimum atomic E-state index is -0.0864. The van der Waals surface area contributed by atoms with Crippen LogP contribution in [0.3, 0.4) is 0 Å². The van der Waals surface area contributed by atoms with Crippen molar-refractivity contribution in [2.75, 3.05) is 6.61 Å². The number of halogens is 1. The number of carbonyl (C=O) groups is 1. The van der Waals surface area contributed by atoms with Crippen LogP contribution >= 0.6 is 15.9 Å². The van der Waals surface area contributed by atoms with Gasteiger partial charge in [0, 0.05) is 26.6 Å². The van der Waals surface area contributed by atoms with Crippen LogP contribution in [0.2, 0.25) is 0 Å². The second-order valence-corrected chi connectivity index (χ2v) is 6.64. The van der Waals surface area contributed by atoms with Crippen molar-refractivity contribution >= 4 is 43.5 Å². The van der Waals surface area contributed by atoms with Crippen LogP contribution in [0.1, 0.15) is 16.1 Å². The van der Waals surface area contributed by atoms with Crippen molar-refractivity contribution < 1.29 is 9.53 Å². The molecule has 0 aliphatic heterocycles. The van der Waals surface area contributed by atoms with E-state index in [0.717, 1.165) is 32.0 Å². The average molecular weight is 396 g/mol. The molecule has 0 atom stereocenters. The van der Waals surface area contributed by atoms with Gasteiger partial charge in [-0.1, -0.05) is 34.1 Å². The summed E-state index contributed by atoms with van der Waals surface area (Å²) in [6.07, 6.45) is 1.44. The number of aryl methyl sites for hydroxylation is 1. The van der Waals surface area contributed by atoms with Crippen molar-refractivity contribution in [3.8, 4) is 5.88 Å². The lowest BCUT2D eigenvalue weighted by molar-refractivity contribution is 0.0920. The molecule has 6 heteroatoms. The van der Waals surface area contributed by atoms with Gasteiger partial charge in [0.25, 0.3) is 0 Å². The summed E-state index contributed by atoms with van der Waals surface area (Å²) in [6.45, 7) is 1.81. The Morgan fingerprint density at radius 2 is 2.00 bits per heavy atom. The topological polar surface area (TPSA) is 67.9 Å². The highest BCUT2D eigenvalue weighted by Gasteiger charge is 2.17. The maximum absolute atomic E-state index is 12.7. The van der Waals surface area contributed by atoms with Gasteiger partial charge in [-0.2, -0.15) is 0 Å². The number of hydrogen-bond donors (Lipinski definition) is 1. The normalized spacial score (nSPS) is 11.1. The number of aromatic amines is 1. The van der Waals surface area contributed by atoms with E-state index >= 15 is 0 Å². The molecule has 1 N–H and O–H groups in total. The molecule has 5 nitrogen and oxygen atoms in total. The van der Waals surface area contributed by atoms with Crippen molar-refractivity contribution in [3.63, 3.8) is 0 Å². The van der Waals surface area contributed by atoms with Gasteiger partial charge in [-0.3, -0.25) is 4.79 Å². The predicted octanol–water partition coefficient (Wildman–Crippen LogP) is 4.44. The average Bonchev–Trinajstić information content (AvgIpc) is 2.95. The number of nitrogens with zero attached hydrogens (tertiary/aromatic N) is 2. The molecule has 124 valence electrons. The first-order valence-corrected chi connectivity index (χ1v) is 8.56. The number of benzene rings is 2. The molecule has 25 heavy (non-hydrogen) atoms. The van der Waals surface area contributed by atoms with E-state index in [1.807, 2.05) is 49.4 Å². The Morgan fingerprint density at radius 3 is 2.88 bits per heavy atom. The molecule has 0 saturated heterocycles. The lowest BCUT2D eigenvalue weighted by Crippen LogP contribution is -2.13. The molecular formula is C19H14BrN3O2. The summed E-state index contributed by atoms with van der Waals surface area (Å²) in [6, 6.07) is 13.4. The van der Waals surface area contributed by atoms with Crippen LogP contribution in [0, 0.1) is 6.92 Å². The molecule has 2 aromatic heterocycles. The Labute approximate surface area is 152 Å². The molecule has 2 heterocycles. The van der Waals surface area contributed by atoms with E-state index < -0.39 is 0 Å². The number of rotatable bonds is 4. The van der Waals surface area contributed by atoms with Gasteiger partial charge in [-0.25, -0.2) is 9.97 Å². The number of ether oxygens (including phenoxy) is 1. The molecule has 0 aliphatic carbocycles. The Hall–Kier alpha value is -2.73. The van der Waals surface area contributed by atoms with Crippen molar-refractivity contribution in [2.24, 2.45) is 0 Å². The number of nitrogens with one attached hydrogen (secondary N) is 1. The van der Waals surface area contributed by atoms with E-state index in [4.69, 9.17) is 4.74 Å². The number of para-hydroxylation sites is 1. The SMILES string of the molecule is Cc1[nH]c2ccccc2c1C(=O)COc1ncnc2ccc(Br)cc12. The van der Waals surface area contributed by atoms with Gasteiger partial charge in [0.15, 0.2) is 6.61 Å². The number of fused-ring (bicyclic) bond motifs is 2. The third-order valence-electron chi connectivity index (χ3n) is 4.07. The molecule has 0 spiro atoms. The summed E-state index contributed by atoms with van der Waals surface area (Å²) in [5, 5.41) is 1.67. The van der Waals surface area contributed by atoms with Gasteiger partial charge in [0.2, 0.25) is 11.7 Å². The van der Waals surface area contributed by atoms with Crippen LogP contribution in [0.15, 0.2) is 53.3 Å². The van der Waals surface area contributed by atoms with Crippen LogP contribution in [0.5, 0.6) is 5.88 Å². The van der Waals surface area contributed by atoms with Gasteiger partial charge < -0.3 is 9.72 Å². The summed E-state index contributed by atoms with van der Waals surface area (Å²) < 4.78 is 6.63. The summed E-state index contributed by atoms with van der Waals surface area (Å²) in [4.78, 5) is 24.3. The Bertz CT molecular complexity index is 1100. The van der Waals surface area contributed by atoms with Crippen molar-refractivity contribution in [1.29, 1.82) is 0 Å². The van der Waals surface area contributed by atoms with E-state index in [2.05, 4.69) is 30.9 Å². The number of hydrogen-bond acceptors (Lipinski definition) is 4. The maximum atomic E-state index is 12.7. The first-order chi connectivity index (χ1) is 12.1. The van der Waals surface area contributed by atoms with E-state index in [0.29, 0.717) is 11.4 Å². The number of Topliss-reactive ketones (excluding diaryl/α,β-unsaturated/α-hetero) is 1. The first kappa shape index (κ1) is 15.8. The molecule has 2 aromatic carbocycles. The third-order valence-corrected chi connectivity index (χ3v) is 4.57. The first-order valence-electron chi connectivity index (χ1n) is 7.77. The highest BCUT2D eigenvalue weighted by atomic mass is 79.9. The lowest BCUT2D eigenvalue weighted by Gasteiger charge is -2.08. The highest BCUT2D eigenvalue weighted by Crippen LogP contribution is 2.26. The fourth-order valence-corrected chi connectivity index (χ4v) is 3.32. The van der Waals surface area contributed by atoms with Crippen molar-refractivity contribution in [1.82, 2.24) is 15.0 Å². The zero-order valence-electron chi connectivity index (χ0n) is 13.4. The number of ketones is 1. The van der Waals surface area contributed by atoms with Gasteiger partial charge >= 0.3 is 0 Å². The van der Waals surface area contributed by atoms with E-state index in [9.17, 15) is 4.79 Å². The molecule has 0 saturated carbocycles. The van der Waals surface area contributed by atoms with Gasteiger partial charge in [-0.15, -0.1) is 0 Å². The monoisotopic (exact) mass is 395 g/mol. The molecule has 0 aliphatic rings. The highest BCUT2D eigenvalue weighted by molar-refractivity contribution is 9.10. The smallest absolute Gasteiger partial charge is 0.224 e. The van der Waals surface area contributed by atoms with Gasteiger partial charge in [0.1, 0.15) is 6.33 Å². The summed E-state index contributed by atoms with van der Waals surface area (Å²) in [5.74, 6) is 0.314. The van der Waals surface area contributed by atoms with Crippen LogP contribution in [0.25, 0.3) is 21.8 Å². The second-order valence-electron chi connectivity index (χ2n) is 5.72. The standard InChI is InChI=1S/C19H14BrN3O2/c1-11-18(13-4-2-3-5-16(13)23-11)17(24)9-25-19-14-8-12(20)6-7-15(14)21-10-22-19/h2-8,10,23H,9H2,1H3. The van der Waals surface area contributed by atoms with E-state index in [1.165, 1.54) is 6.33 Å². The minimum Gasteiger partial charge on any atom is -0.469 e. The molecule has 0 unspecified atom stereocenters. The summed E-state index contributed by atoms with van der Waals surface area (Å²) in [5.41, 5.74) is 3.21. The minimum absolute atomic E-state index is 0.0820. The zero-order chi connectivity index (χ0) is 17.4. The van der Waals surface area contributed by atoms with E-state index in [1.54, 1.807) is 0 Å². The predicted molar refractivity (Wildman–Crippen MR) is 100 cm³/mol. The fraction of sp³-hybridized carbons (Fsp3) is 0.105. The van der Waals surface area contributed by atoms with Crippen molar-refractivity contribution in [2.45, 2.75) is 6.92 Å². The lowest BCUT2D eigenvalue weighted by atomic mass is 10.1. The zero-order valence-corrected chi connectivity index (χ0v) is 15.0. The Kier molecular flexibility index (Phi) is 3.97. The molecule has 0 bridgehead atoms. The molecule has 4 rings (SSSR count). The van der Waals surface area contributed by atoms with Crippen molar-refractivity contribution in [3.05, 3.63) is 64.5 Å². The molecule has 4 aromatic rings. The maximum Gasteiger partial charge on any atom is 0.224 e. The second kappa shape index (κ2) is 6.29. The fourth-order valence-electron chi connectivity index (χ4n) is 2.96. The largest absolute Gasteiger partial charge is 0.469 e. The molecule has 0 amide bonds. The van der Waals surface area contributed by atoms with Crippen LogP contribution in [-0.2, 0) is 0 Å². The number of carbonyl (C=O) groups excluding carboxylic acids is 1. The molecule has 0 radical (unpaired) electrons. The van der Waals surface area contributed by atoms with Gasteiger partial charge in [-0.05, 0) is 31.2 Å². The van der Waals surface area contributed by atoms with Crippen LogP contribution < -0.4 is 4.74 Å². The summed E-state index contributed by atoms with van der Waals surface area (Å²) >= 11 is 3.43. The van der Waals surface area contributed by atoms with Crippen LogP contribution in [0.4, 0.5) is 0 Å². The van der Waals surface area contributed by atoms with Gasteiger partial charge in [0.05, 0.1) is 10.9 Å². The molecular weight excluding hydrogens is 382 g/mol. The number of aromatic nitrogens is 3. The third kappa shape index (κ3) is 2.89. The molecule has 0 fully saturated rings. The Balaban J connectivity index is 1.64. The summed E-state index contributed by atoms with van der Waals surface area (Å²) in [7, 11) is 0. The number of H-pyrrole nitrogens is 1.